The number of carbonyl (C=O) groups excluding carboxylic acids is 1. The number of aromatic nitrogens is 1. The Balaban J connectivity index is 2.10. The Kier molecular flexibility index (Phi) is 5.32. The molecule has 0 aliphatic rings. The molecule has 0 saturated heterocycles. The highest BCUT2D eigenvalue weighted by molar-refractivity contribution is 7.13. The first-order valence-electron chi connectivity index (χ1n) is 7.39. The molecule has 0 bridgehead atoms. The number of hydrogen-bond acceptors (Lipinski definition) is 4. The van der Waals surface area contributed by atoms with Crippen LogP contribution in [0.25, 0.3) is 0 Å². The molecule has 0 spiro atoms. The van der Waals surface area contributed by atoms with Crippen LogP contribution < -0.4 is 5.32 Å². The summed E-state index contributed by atoms with van der Waals surface area (Å²) in [6.07, 6.45) is 0. The summed E-state index contributed by atoms with van der Waals surface area (Å²) in [4.78, 5) is 19.6. The van der Waals surface area contributed by atoms with Crippen LogP contribution in [0.4, 0.5) is 5.69 Å². The van der Waals surface area contributed by atoms with Crippen molar-refractivity contribution < 1.29 is 4.79 Å². The van der Waals surface area contributed by atoms with E-state index in [0.29, 0.717) is 10.8 Å². The van der Waals surface area contributed by atoms with Gasteiger partial charge in [-0.25, -0.2) is 4.98 Å². The Hall–Kier alpha value is -1.72. The van der Waals surface area contributed by atoms with Gasteiger partial charge < -0.3 is 10.2 Å². The first-order valence-corrected chi connectivity index (χ1v) is 8.21. The monoisotopic (exact) mass is 317 g/mol. The smallest absolute Gasteiger partial charge is 0.267 e. The summed E-state index contributed by atoms with van der Waals surface area (Å²) in [5.74, 6) is 0.402. The number of aryl methyl sites for hydroxylation is 1. The van der Waals surface area contributed by atoms with Gasteiger partial charge in [0.1, 0.15) is 9.88 Å². The maximum Gasteiger partial charge on any atom is 0.267 e. The number of benzene rings is 1. The lowest BCUT2D eigenvalue weighted by Crippen LogP contribution is -2.11. The van der Waals surface area contributed by atoms with Gasteiger partial charge in [0, 0.05) is 12.2 Å². The molecule has 1 aromatic heterocycles. The summed E-state index contributed by atoms with van der Waals surface area (Å²) < 4.78 is 0. The van der Waals surface area contributed by atoms with Crippen molar-refractivity contribution >= 4 is 22.9 Å². The van der Waals surface area contributed by atoms with E-state index in [2.05, 4.69) is 36.3 Å². The zero-order valence-electron chi connectivity index (χ0n) is 13.8. The van der Waals surface area contributed by atoms with Gasteiger partial charge in [0.2, 0.25) is 0 Å². The molecule has 1 aromatic carbocycles. The highest BCUT2D eigenvalue weighted by Crippen LogP contribution is 2.22. The van der Waals surface area contributed by atoms with Crippen molar-refractivity contribution in [2.75, 3.05) is 19.4 Å². The lowest BCUT2D eigenvalue weighted by molar-refractivity contribution is 0.103. The van der Waals surface area contributed by atoms with Crippen LogP contribution in [0.15, 0.2) is 24.3 Å². The summed E-state index contributed by atoms with van der Waals surface area (Å²) in [5, 5.41) is 3.91. The fraction of sp³-hybridized carbons (Fsp3) is 0.412. The Morgan fingerprint density at radius 2 is 1.91 bits per heavy atom. The van der Waals surface area contributed by atoms with Crippen molar-refractivity contribution in [3.8, 4) is 0 Å². The van der Waals surface area contributed by atoms with Gasteiger partial charge in [0.15, 0.2) is 0 Å². The maximum atomic E-state index is 12.4. The van der Waals surface area contributed by atoms with Crippen LogP contribution in [0.5, 0.6) is 0 Å². The second-order valence-corrected chi connectivity index (χ2v) is 7.07. The van der Waals surface area contributed by atoms with Crippen molar-refractivity contribution in [2.45, 2.75) is 33.2 Å². The number of rotatable bonds is 5. The molecular weight excluding hydrogens is 294 g/mol. The van der Waals surface area contributed by atoms with Crippen molar-refractivity contribution in [3.05, 3.63) is 45.4 Å². The van der Waals surface area contributed by atoms with E-state index in [-0.39, 0.29) is 5.91 Å². The summed E-state index contributed by atoms with van der Waals surface area (Å²) in [6, 6.07) is 8.00. The summed E-state index contributed by atoms with van der Waals surface area (Å²) in [6.45, 7) is 6.94. The van der Waals surface area contributed by atoms with Gasteiger partial charge in [-0.1, -0.05) is 26.0 Å². The Labute approximate surface area is 136 Å². The van der Waals surface area contributed by atoms with Crippen molar-refractivity contribution in [1.29, 1.82) is 0 Å². The van der Waals surface area contributed by atoms with E-state index < -0.39 is 0 Å². The van der Waals surface area contributed by atoms with Crippen molar-refractivity contribution in [3.63, 3.8) is 0 Å². The van der Waals surface area contributed by atoms with Crippen molar-refractivity contribution in [1.82, 2.24) is 9.88 Å². The van der Waals surface area contributed by atoms with Gasteiger partial charge in [0.05, 0.1) is 5.69 Å². The van der Waals surface area contributed by atoms with E-state index in [0.717, 1.165) is 22.9 Å². The van der Waals surface area contributed by atoms with Gasteiger partial charge in [-0.2, -0.15) is 0 Å². The van der Waals surface area contributed by atoms with Gasteiger partial charge in [-0.15, -0.1) is 11.3 Å². The molecule has 1 amide bonds. The van der Waals surface area contributed by atoms with Crippen LogP contribution >= 0.6 is 11.3 Å². The van der Waals surface area contributed by atoms with Gasteiger partial charge >= 0.3 is 0 Å². The molecule has 0 saturated carbocycles. The molecule has 0 aliphatic heterocycles. The summed E-state index contributed by atoms with van der Waals surface area (Å²) in [5.41, 5.74) is 2.87. The van der Waals surface area contributed by atoms with E-state index >= 15 is 0 Å². The molecular formula is C17H23N3OS. The highest BCUT2D eigenvalue weighted by atomic mass is 32.1. The second-order valence-electron chi connectivity index (χ2n) is 5.99. The molecule has 0 unspecified atom stereocenters. The predicted molar refractivity (Wildman–Crippen MR) is 92.7 cm³/mol. The summed E-state index contributed by atoms with van der Waals surface area (Å²) >= 11 is 1.46. The Bertz CT molecular complexity index is 644. The molecule has 0 atom stereocenters. The molecule has 0 radical (unpaired) electrons. The van der Waals surface area contributed by atoms with Gasteiger partial charge in [0.25, 0.3) is 5.91 Å². The second kappa shape index (κ2) is 7.03. The standard InChI is InChI=1S/C17H23N3OS/c1-11(2)13-6-8-14(9-7-13)19-17(21)16-12(3)18-15(22-16)10-20(4)5/h6-9,11H,10H2,1-5H3,(H,19,21). The average molecular weight is 317 g/mol. The fourth-order valence-corrected chi connectivity index (χ4v) is 3.22. The van der Waals surface area contributed by atoms with Gasteiger partial charge in [-0.05, 0) is 44.6 Å². The molecule has 118 valence electrons. The van der Waals surface area contributed by atoms with Crippen LogP contribution in [-0.4, -0.2) is 29.9 Å². The quantitative estimate of drug-likeness (QED) is 0.910. The Morgan fingerprint density at radius 1 is 1.27 bits per heavy atom. The third-order valence-electron chi connectivity index (χ3n) is 3.33. The third kappa shape index (κ3) is 4.15. The van der Waals surface area contributed by atoms with E-state index in [1.807, 2.05) is 38.1 Å². The number of thiazole rings is 1. The molecule has 1 heterocycles. The van der Waals surface area contributed by atoms with Crippen molar-refractivity contribution in [2.24, 2.45) is 0 Å². The molecule has 5 heteroatoms. The number of hydrogen-bond donors (Lipinski definition) is 1. The minimum Gasteiger partial charge on any atom is -0.321 e. The Morgan fingerprint density at radius 3 is 2.45 bits per heavy atom. The largest absolute Gasteiger partial charge is 0.321 e. The lowest BCUT2D eigenvalue weighted by atomic mass is 10.0. The minimum absolute atomic E-state index is 0.0858. The molecule has 4 nitrogen and oxygen atoms in total. The first-order chi connectivity index (χ1) is 10.4. The van der Waals surface area contributed by atoms with E-state index in [1.54, 1.807) is 0 Å². The number of nitrogens with one attached hydrogen (secondary N) is 1. The third-order valence-corrected chi connectivity index (χ3v) is 4.47. The molecule has 22 heavy (non-hydrogen) atoms. The number of carbonyl (C=O) groups is 1. The van der Waals surface area contributed by atoms with E-state index in [4.69, 9.17) is 0 Å². The number of amides is 1. The molecule has 2 rings (SSSR count). The normalized spacial score (nSPS) is 11.2. The zero-order valence-corrected chi connectivity index (χ0v) is 14.6. The topological polar surface area (TPSA) is 45.2 Å². The SMILES string of the molecule is Cc1nc(CN(C)C)sc1C(=O)Nc1ccc(C(C)C)cc1. The van der Waals surface area contributed by atoms with E-state index in [9.17, 15) is 4.79 Å². The number of anilines is 1. The minimum atomic E-state index is -0.0858. The van der Waals surface area contributed by atoms with Crippen LogP contribution in [0.1, 0.15) is 45.7 Å². The number of nitrogens with zero attached hydrogens (tertiary/aromatic N) is 2. The summed E-state index contributed by atoms with van der Waals surface area (Å²) in [7, 11) is 3.99. The molecule has 0 fully saturated rings. The molecule has 1 N–H and O–H groups in total. The maximum absolute atomic E-state index is 12.4. The predicted octanol–water partition coefficient (Wildman–Crippen LogP) is 3.89. The van der Waals surface area contributed by atoms with Crippen LogP contribution in [-0.2, 0) is 6.54 Å². The van der Waals surface area contributed by atoms with Crippen LogP contribution in [0, 0.1) is 6.92 Å². The zero-order chi connectivity index (χ0) is 16.3. The van der Waals surface area contributed by atoms with Gasteiger partial charge in [-0.3, -0.25) is 4.79 Å². The van der Waals surface area contributed by atoms with Crippen LogP contribution in [0.2, 0.25) is 0 Å². The van der Waals surface area contributed by atoms with Crippen LogP contribution in [0.3, 0.4) is 0 Å². The average Bonchev–Trinajstić information content (AvgIpc) is 2.79. The lowest BCUT2D eigenvalue weighted by Gasteiger charge is -2.08. The van der Waals surface area contributed by atoms with E-state index in [1.165, 1.54) is 16.9 Å². The molecule has 0 aliphatic carbocycles. The fourth-order valence-electron chi connectivity index (χ4n) is 2.14. The molecule has 2 aromatic rings. The first kappa shape index (κ1) is 16.6. The highest BCUT2D eigenvalue weighted by Gasteiger charge is 2.15.